The molecule has 0 spiro atoms. The molecule has 3 heteroatoms. The highest BCUT2D eigenvalue weighted by Gasteiger charge is 2.31. The summed E-state index contributed by atoms with van der Waals surface area (Å²) in [7, 11) is 0. The van der Waals surface area contributed by atoms with E-state index in [-0.39, 0.29) is 24.3 Å². The topological polar surface area (TPSA) is 43.4 Å². The minimum absolute atomic E-state index is 0.241. The predicted molar refractivity (Wildman–Crippen MR) is 122 cm³/mol. The van der Waals surface area contributed by atoms with Gasteiger partial charge >= 0.3 is 11.9 Å². The van der Waals surface area contributed by atoms with Gasteiger partial charge in [0.1, 0.15) is 0 Å². The molecule has 1 aliphatic heterocycles. The fraction of sp³-hybridized carbons (Fsp3) is 0.846. The number of hydrogen-bond donors (Lipinski definition) is 0. The molecule has 1 aliphatic rings. The number of carbonyl (C=O) groups is 2. The van der Waals surface area contributed by atoms with Gasteiger partial charge in [-0.3, -0.25) is 9.59 Å². The van der Waals surface area contributed by atoms with Gasteiger partial charge in [0, 0.05) is 0 Å². The van der Waals surface area contributed by atoms with Crippen molar-refractivity contribution in [2.75, 3.05) is 0 Å². The van der Waals surface area contributed by atoms with Crippen molar-refractivity contribution in [3.8, 4) is 0 Å². The van der Waals surface area contributed by atoms with Crippen LogP contribution >= 0.6 is 0 Å². The lowest BCUT2D eigenvalue weighted by Crippen LogP contribution is -2.05. The molecule has 1 atom stereocenters. The van der Waals surface area contributed by atoms with Crippen molar-refractivity contribution < 1.29 is 14.3 Å². The van der Waals surface area contributed by atoms with Crippen molar-refractivity contribution in [2.45, 2.75) is 135 Å². The number of ether oxygens (including phenoxy) is 1. The Morgan fingerprint density at radius 2 is 1.14 bits per heavy atom. The van der Waals surface area contributed by atoms with E-state index in [1.54, 1.807) is 0 Å². The molecule has 3 nitrogen and oxygen atoms in total. The third-order valence-corrected chi connectivity index (χ3v) is 6.02. The Hall–Kier alpha value is -1.12. The molecule has 0 amide bonds. The molecule has 1 fully saturated rings. The standard InChI is InChI=1S/C26H46O3/c1-2-3-4-5-6-7-8-9-10-11-12-13-14-15-16-17-18-19-20-21-22-24-23-25(27)29-26(24)28/h20-21,24H,2-19,22-23H2,1H3. The van der Waals surface area contributed by atoms with Crippen LogP contribution < -0.4 is 0 Å². The number of rotatable bonds is 20. The van der Waals surface area contributed by atoms with Gasteiger partial charge in [-0.15, -0.1) is 0 Å². The minimum Gasteiger partial charge on any atom is -0.393 e. The van der Waals surface area contributed by atoms with Crippen LogP contribution in [0.4, 0.5) is 0 Å². The van der Waals surface area contributed by atoms with E-state index in [0.29, 0.717) is 6.42 Å². The maximum absolute atomic E-state index is 11.3. The Kier molecular flexibility index (Phi) is 16.9. The second-order valence-corrected chi connectivity index (χ2v) is 8.85. The molecule has 0 aliphatic carbocycles. The summed E-state index contributed by atoms with van der Waals surface area (Å²) in [6, 6.07) is 0. The molecule has 0 saturated carbocycles. The van der Waals surface area contributed by atoms with Crippen LogP contribution in [0.5, 0.6) is 0 Å². The first kappa shape index (κ1) is 25.9. The summed E-state index contributed by atoms with van der Waals surface area (Å²) >= 11 is 0. The average Bonchev–Trinajstić information content (AvgIpc) is 3.03. The van der Waals surface area contributed by atoms with E-state index in [1.807, 2.05) is 6.08 Å². The van der Waals surface area contributed by atoms with Crippen LogP contribution in [0.15, 0.2) is 12.2 Å². The maximum Gasteiger partial charge on any atom is 0.317 e. The van der Waals surface area contributed by atoms with Crippen LogP contribution in [0.3, 0.4) is 0 Å². The smallest absolute Gasteiger partial charge is 0.317 e. The van der Waals surface area contributed by atoms with Crippen LogP contribution in [-0.4, -0.2) is 11.9 Å². The van der Waals surface area contributed by atoms with Gasteiger partial charge in [-0.1, -0.05) is 122 Å². The molecular formula is C26H46O3. The lowest BCUT2D eigenvalue weighted by atomic mass is 10.0. The second-order valence-electron chi connectivity index (χ2n) is 8.85. The van der Waals surface area contributed by atoms with Gasteiger partial charge in [0.25, 0.3) is 0 Å². The number of allylic oxidation sites excluding steroid dienone is 2. The molecule has 0 bridgehead atoms. The zero-order valence-corrected chi connectivity index (χ0v) is 19.1. The largest absolute Gasteiger partial charge is 0.393 e. The van der Waals surface area contributed by atoms with Crippen molar-refractivity contribution in [1.29, 1.82) is 0 Å². The monoisotopic (exact) mass is 406 g/mol. The zero-order valence-electron chi connectivity index (χ0n) is 19.1. The van der Waals surface area contributed by atoms with Gasteiger partial charge in [0.2, 0.25) is 0 Å². The zero-order chi connectivity index (χ0) is 21.0. The average molecular weight is 407 g/mol. The van der Waals surface area contributed by atoms with E-state index in [9.17, 15) is 9.59 Å². The number of unbranched alkanes of at least 4 members (excludes halogenated alkanes) is 17. The first-order valence-corrected chi connectivity index (χ1v) is 12.6. The molecule has 0 N–H and O–H groups in total. The molecule has 0 aromatic heterocycles. The highest BCUT2D eigenvalue weighted by Crippen LogP contribution is 2.20. The lowest BCUT2D eigenvalue weighted by Gasteiger charge is -2.03. The van der Waals surface area contributed by atoms with E-state index in [1.165, 1.54) is 109 Å². The molecule has 0 aromatic carbocycles. The maximum atomic E-state index is 11.3. The fourth-order valence-electron chi connectivity index (χ4n) is 4.07. The molecule has 0 radical (unpaired) electrons. The van der Waals surface area contributed by atoms with E-state index < -0.39 is 0 Å². The lowest BCUT2D eigenvalue weighted by molar-refractivity contribution is -0.153. The van der Waals surface area contributed by atoms with Crippen LogP contribution in [-0.2, 0) is 14.3 Å². The van der Waals surface area contributed by atoms with E-state index in [0.717, 1.165) is 6.42 Å². The first-order valence-electron chi connectivity index (χ1n) is 12.6. The summed E-state index contributed by atoms with van der Waals surface area (Å²) in [5.74, 6) is -0.965. The van der Waals surface area contributed by atoms with Crippen molar-refractivity contribution in [2.24, 2.45) is 5.92 Å². The van der Waals surface area contributed by atoms with Crippen LogP contribution in [0, 0.1) is 5.92 Å². The Labute approximate surface area is 180 Å². The summed E-state index contributed by atoms with van der Waals surface area (Å²) in [5, 5.41) is 0. The van der Waals surface area contributed by atoms with Crippen LogP contribution in [0.2, 0.25) is 0 Å². The van der Waals surface area contributed by atoms with Crippen LogP contribution in [0.25, 0.3) is 0 Å². The molecule has 1 unspecified atom stereocenters. The van der Waals surface area contributed by atoms with Crippen molar-refractivity contribution >= 4 is 11.9 Å². The number of esters is 2. The molecule has 29 heavy (non-hydrogen) atoms. The van der Waals surface area contributed by atoms with Crippen molar-refractivity contribution in [3.63, 3.8) is 0 Å². The highest BCUT2D eigenvalue weighted by atomic mass is 16.6. The molecule has 1 rings (SSSR count). The highest BCUT2D eigenvalue weighted by molar-refractivity contribution is 5.94. The first-order chi connectivity index (χ1) is 14.2. The fourth-order valence-corrected chi connectivity index (χ4v) is 4.07. The van der Waals surface area contributed by atoms with Gasteiger partial charge in [0.15, 0.2) is 0 Å². The van der Waals surface area contributed by atoms with E-state index in [2.05, 4.69) is 17.7 Å². The van der Waals surface area contributed by atoms with Gasteiger partial charge in [-0.05, 0) is 19.3 Å². The molecular weight excluding hydrogens is 360 g/mol. The number of hydrogen-bond acceptors (Lipinski definition) is 3. The summed E-state index contributed by atoms with van der Waals surface area (Å²) in [5.41, 5.74) is 0. The number of cyclic esters (lactones) is 2. The summed E-state index contributed by atoms with van der Waals surface area (Å²) in [4.78, 5) is 22.3. The number of carbonyl (C=O) groups excluding carboxylic acids is 2. The van der Waals surface area contributed by atoms with Gasteiger partial charge in [-0.2, -0.15) is 0 Å². The third kappa shape index (κ3) is 15.4. The van der Waals surface area contributed by atoms with Crippen molar-refractivity contribution in [3.05, 3.63) is 12.2 Å². The van der Waals surface area contributed by atoms with E-state index in [4.69, 9.17) is 0 Å². The summed E-state index contributed by atoms with van der Waals surface area (Å²) in [6.45, 7) is 2.28. The van der Waals surface area contributed by atoms with Gasteiger partial charge in [0.05, 0.1) is 12.3 Å². The molecule has 1 saturated heterocycles. The van der Waals surface area contributed by atoms with Gasteiger partial charge in [-0.25, -0.2) is 0 Å². The molecule has 0 aromatic rings. The Balaban J connectivity index is 1.72. The third-order valence-electron chi connectivity index (χ3n) is 6.02. The second kappa shape index (κ2) is 18.9. The van der Waals surface area contributed by atoms with E-state index >= 15 is 0 Å². The summed E-state index contributed by atoms with van der Waals surface area (Å²) < 4.78 is 4.56. The summed E-state index contributed by atoms with van der Waals surface area (Å²) in [6.07, 6.45) is 29.9. The quantitative estimate of drug-likeness (QED) is 0.0888. The molecule has 1 heterocycles. The Morgan fingerprint density at radius 3 is 1.55 bits per heavy atom. The normalized spacial score (nSPS) is 16.8. The Bertz CT molecular complexity index is 441. The van der Waals surface area contributed by atoms with Crippen molar-refractivity contribution in [1.82, 2.24) is 0 Å². The van der Waals surface area contributed by atoms with Gasteiger partial charge < -0.3 is 4.74 Å². The molecule has 168 valence electrons. The van der Waals surface area contributed by atoms with Crippen LogP contribution in [0.1, 0.15) is 135 Å². The Morgan fingerprint density at radius 1 is 0.690 bits per heavy atom. The minimum atomic E-state index is -0.374. The predicted octanol–water partition coefficient (Wildman–Crippen LogP) is 8.06. The SMILES string of the molecule is CCCCCCCCCCCCCCCCCCCC=CCC1CC(=O)OC1=O.